The van der Waals surface area contributed by atoms with Crippen LogP contribution >= 0.6 is 11.3 Å². The van der Waals surface area contributed by atoms with Crippen molar-refractivity contribution < 1.29 is 17.9 Å². The predicted molar refractivity (Wildman–Crippen MR) is 117 cm³/mol. The SMILES string of the molecule is CC(Oc1ccc(C(C)(C)C)cc1)C(=O)N(Cc1cccs1)C1CCS(=O)(=O)C1. The highest BCUT2D eigenvalue weighted by Crippen LogP contribution is 2.26. The average Bonchev–Trinajstić information content (AvgIpc) is 3.28. The van der Waals surface area contributed by atoms with E-state index in [1.54, 1.807) is 23.2 Å². The number of nitrogens with zero attached hydrogens (tertiary/aromatic N) is 1. The van der Waals surface area contributed by atoms with Crippen molar-refractivity contribution in [3.8, 4) is 5.75 Å². The third-order valence-electron chi connectivity index (χ3n) is 5.22. The summed E-state index contributed by atoms with van der Waals surface area (Å²) in [6.45, 7) is 8.57. The maximum absolute atomic E-state index is 13.2. The molecular weight excluding hydrogens is 406 g/mol. The highest BCUT2D eigenvalue weighted by molar-refractivity contribution is 7.91. The summed E-state index contributed by atoms with van der Waals surface area (Å²) in [5.41, 5.74) is 1.24. The summed E-state index contributed by atoms with van der Waals surface area (Å²) in [5.74, 6) is 0.612. The summed E-state index contributed by atoms with van der Waals surface area (Å²) in [4.78, 5) is 15.9. The van der Waals surface area contributed by atoms with Crippen molar-refractivity contribution >= 4 is 27.1 Å². The zero-order valence-corrected chi connectivity index (χ0v) is 19.1. The van der Waals surface area contributed by atoms with Crippen molar-refractivity contribution in [1.29, 1.82) is 0 Å². The number of thiophene rings is 1. The molecule has 2 aromatic rings. The summed E-state index contributed by atoms with van der Waals surface area (Å²) < 4.78 is 29.9. The summed E-state index contributed by atoms with van der Waals surface area (Å²) in [7, 11) is -3.09. The molecule has 0 saturated carbocycles. The third kappa shape index (κ3) is 5.60. The smallest absolute Gasteiger partial charge is 0.263 e. The molecule has 1 aromatic carbocycles. The number of rotatable bonds is 6. The molecule has 7 heteroatoms. The van der Waals surface area contributed by atoms with Crippen LogP contribution < -0.4 is 4.74 Å². The zero-order chi connectivity index (χ0) is 21.2. The van der Waals surface area contributed by atoms with E-state index in [9.17, 15) is 13.2 Å². The van der Waals surface area contributed by atoms with Gasteiger partial charge in [-0.2, -0.15) is 0 Å². The summed E-state index contributed by atoms with van der Waals surface area (Å²) >= 11 is 1.56. The van der Waals surface area contributed by atoms with Gasteiger partial charge in [0, 0.05) is 10.9 Å². The lowest BCUT2D eigenvalue weighted by Gasteiger charge is -2.30. The highest BCUT2D eigenvalue weighted by atomic mass is 32.2. The quantitative estimate of drug-likeness (QED) is 0.687. The first-order valence-corrected chi connectivity index (χ1v) is 12.6. The van der Waals surface area contributed by atoms with Gasteiger partial charge in [-0.1, -0.05) is 39.0 Å². The van der Waals surface area contributed by atoms with E-state index in [4.69, 9.17) is 4.74 Å². The Hall–Kier alpha value is -1.86. The lowest BCUT2D eigenvalue weighted by Crippen LogP contribution is -2.46. The molecule has 1 aliphatic rings. The number of carbonyl (C=O) groups excluding carboxylic acids is 1. The van der Waals surface area contributed by atoms with Crippen molar-refractivity contribution in [2.45, 2.75) is 58.2 Å². The second-order valence-corrected chi connectivity index (χ2v) is 11.9. The van der Waals surface area contributed by atoms with Gasteiger partial charge in [0.25, 0.3) is 5.91 Å². The minimum atomic E-state index is -3.09. The van der Waals surface area contributed by atoms with Crippen molar-refractivity contribution in [2.75, 3.05) is 11.5 Å². The molecule has 3 rings (SSSR count). The maximum atomic E-state index is 13.2. The first-order chi connectivity index (χ1) is 13.5. The molecule has 2 atom stereocenters. The van der Waals surface area contributed by atoms with Gasteiger partial charge in [0.15, 0.2) is 15.9 Å². The van der Waals surface area contributed by atoms with Crippen molar-refractivity contribution in [3.05, 3.63) is 52.2 Å². The Morgan fingerprint density at radius 3 is 2.45 bits per heavy atom. The molecule has 1 fully saturated rings. The topological polar surface area (TPSA) is 63.7 Å². The second-order valence-electron chi connectivity index (χ2n) is 8.64. The van der Waals surface area contributed by atoms with Crippen LogP contribution in [-0.4, -0.2) is 42.9 Å². The average molecular weight is 436 g/mol. The van der Waals surface area contributed by atoms with Crippen LogP contribution in [0.2, 0.25) is 0 Å². The van der Waals surface area contributed by atoms with E-state index in [1.165, 1.54) is 5.56 Å². The van der Waals surface area contributed by atoms with Gasteiger partial charge < -0.3 is 9.64 Å². The van der Waals surface area contributed by atoms with Gasteiger partial charge in [0.2, 0.25) is 0 Å². The van der Waals surface area contributed by atoms with Crippen LogP contribution in [0.4, 0.5) is 0 Å². The summed E-state index contributed by atoms with van der Waals surface area (Å²) in [6.07, 6.45) is -0.217. The molecule has 5 nitrogen and oxygen atoms in total. The van der Waals surface area contributed by atoms with Crippen molar-refractivity contribution in [3.63, 3.8) is 0 Å². The molecule has 1 aromatic heterocycles. The lowest BCUT2D eigenvalue weighted by molar-refractivity contribution is -0.140. The molecular formula is C22H29NO4S2. The molecule has 0 radical (unpaired) electrons. The molecule has 2 heterocycles. The highest BCUT2D eigenvalue weighted by Gasteiger charge is 2.36. The van der Waals surface area contributed by atoms with Gasteiger partial charge in [-0.05, 0) is 47.9 Å². The number of amides is 1. The first kappa shape index (κ1) is 21.8. The van der Waals surface area contributed by atoms with Crippen LogP contribution in [0, 0.1) is 0 Å². The van der Waals surface area contributed by atoms with E-state index in [1.807, 2.05) is 41.8 Å². The van der Waals surface area contributed by atoms with E-state index in [0.29, 0.717) is 18.7 Å². The number of benzene rings is 1. The molecule has 158 valence electrons. The molecule has 0 aliphatic carbocycles. The third-order valence-corrected chi connectivity index (χ3v) is 7.83. The molecule has 1 amide bonds. The summed E-state index contributed by atoms with van der Waals surface area (Å²) in [6, 6.07) is 11.4. The van der Waals surface area contributed by atoms with Crippen molar-refractivity contribution in [1.82, 2.24) is 4.90 Å². The number of sulfone groups is 1. The van der Waals surface area contributed by atoms with Crippen molar-refractivity contribution in [2.24, 2.45) is 0 Å². The Labute approximate surface area is 177 Å². The minimum absolute atomic E-state index is 0.0249. The monoisotopic (exact) mass is 435 g/mol. The number of hydrogen-bond donors (Lipinski definition) is 0. The minimum Gasteiger partial charge on any atom is -0.481 e. The van der Waals surface area contributed by atoms with Gasteiger partial charge in [0.05, 0.1) is 18.1 Å². The molecule has 0 spiro atoms. The Bertz CT molecular complexity index is 928. The van der Waals surface area contributed by atoms with E-state index < -0.39 is 15.9 Å². The van der Waals surface area contributed by atoms with Gasteiger partial charge >= 0.3 is 0 Å². The predicted octanol–water partition coefficient (Wildman–Crippen LogP) is 4.03. The largest absolute Gasteiger partial charge is 0.481 e. The standard InChI is InChI=1S/C22H29NO4S2/c1-16(27-19-9-7-17(8-10-19)22(2,3)4)21(24)23(14-20-6-5-12-28-20)18-11-13-29(25,26)15-18/h5-10,12,16,18H,11,13-15H2,1-4H3. The first-order valence-electron chi connectivity index (χ1n) is 9.86. The maximum Gasteiger partial charge on any atom is 0.263 e. The zero-order valence-electron chi connectivity index (χ0n) is 17.4. The van der Waals surface area contributed by atoms with Gasteiger partial charge in [-0.3, -0.25) is 4.79 Å². The number of hydrogen-bond acceptors (Lipinski definition) is 5. The van der Waals surface area contributed by atoms with Crippen LogP contribution in [0.1, 0.15) is 44.6 Å². The van der Waals surface area contributed by atoms with E-state index >= 15 is 0 Å². The summed E-state index contributed by atoms with van der Waals surface area (Å²) in [5, 5.41) is 1.96. The van der Waals surface area contributed by atoms with Crippen LogP contribution in [0.15, 0.2) is 41.8 Å². The normalized spacial score (nSPS) is 19.7. The van der Waals surface area contributed by atoms with Crippen LogP contribution in [-0.2, 0) is 26.6 Å². The van der Waals surface area contributed by atoms with Crippen LogP contribution in [0.3, 0.4) is 0 Å². The van der Waals surface area contributed by atoms with E-state index in [0.717, 1.165) is 4.88 Å². The van der Waals surface area contributed by atoms with Crippen LogP contribution in [0.5, 0.6) is 5.75 Å². The Morgan fingerprint density at radius 1 is 1.24 bits per heavy atom. The Kier molecular flexibility index (Phi) is 6.39. The molecule has 0 bridgehead atoms. The fourth-order valence-electron chi connectivity index (χ4n) is 3.50. The Morgan fingerprint density at radius 2 is 1.93 bits per heavy atom. The fourth-order valence-corrected chi connectivity index (χ4v) is 5.93. The fraction of sp³-hybridized carbons (Fsp3) is 0.500. The second kappa shape index (κ2) is 8.48. The van der Waals surface area contributed by atoms with Crippen LogP contribution in [0.25, 0.3) is 0 Å². The van der Waals surface area contributed by atoms with E-state index in [2.05, 4.69) is 20.8 Å². The van der Waals surface area contributed by atoms with E-state index in [-0.39, 0.29) is 28.9 Å². The molecule has 29 heavy (non-hydrogen) atoms. The molecule has 1 saturated heterocycles. The van der Waals surface area contributed by atoms with Gasteiger partial charge in [-0.15, -0.1) is 11.3 Å². The van der Waals surface area contributed by atoms with Gasteiger partial charge in [-0.25, -0.2) is 8.42 Å². The number of carbonyl (C=O) groups is 1. The molecule has 2 unspecified atom stereocenters. The lowest BCUT2D eigenvalue weighted by atomic mass is 9.87. The number of ether oxygens (including phenoxy) is 1. The van der Waals surface area contributed by atoms with Gasteiger partial charge in [0.1, 0.15) is 5.75 Å². The molecule has 0 N–H and O–H groups in total. The Balaban J connectivity index is 1.74. The molecule has 1 aliphatic heterocycles.